The van der Waals surface area contributed by atoms with Gasteiger partial charge in [-0.1, -0.05) is 6.07 Å². The molecule has 8 heteroatoms. The van der Waals surface area contributed by atoms with Gasteiger partial charge in [-0.25, -0.2) is 8.42 Å². The van der Waals surface area contributed by atoms with E-state index in [1.54, 1.807) is 44.6 Å². The van der Waals surface area contributed by atoms with Crippen molar-refractivity contribution < 1.29 is 22.7 Å². The molecule has 0 aliphatic carbocycles. The van der Waals surface area contributed by atoms with Crippen LogP contribution in [0.3, 0.4) is 0 Å². The number of nitrogens with one attached hydrogen (secondary N) is 1. The number of carbonyl (C=O) groups excluding carboxylic acids is 1. The third-order valence-corrected chi connectivity index (χ3v) is 5.61. The molecule has 0 unspecified atom stereocenters. The van der Waals surface area contributed by atoms with Crippen LogP contribution in [0.1, 0.15) is 11.1 Å². The van der Waals surface area contributed by atoms with Crippen LogP contribution in [0.15, 0.2) is 42.5 Å². The van der Waals surface area contributed by atoms with Crippen LogP contribution in [-0.4, -0.2) is 41.3 Å². The maximum atomic E-state index is 12.2. The Morgan fingerprint density at radius 2 is 1.86 bits per heavy atom. The largest absolute Gasteiger partial charge is 0.493 e. The predicted molar refractivity (Wildman–Crippen MR) is 110 cm³/mol. The number of hydrogen-bond acceptors (Lipinski definition) is 5. The van der Waals surface area contributed by atoms with Crippen molar-refractivity contribution in [2.75, 3.05) is 36.6 Å². The number of sulfonamides is 1. The van der Waals surface area contributed by atoms with Gasteiger partial charge in [0.1, 0.15) is 0 Å². The molecule has 0 aromatic heterocycles. The first-order chi connectivity index (χ1) is 13.3. The van der Waals surface area contributed by atoms with Crippen molar-refractivity contribution in [1.29, 1.82) is 0 Å². The Labute approximate surface area is 164 Å². The first-order valence-corrected chi connectivity index (χ1v) is 10.5. The number of anilines is 2. The molecule has 0 radical (unpaired) electrons. The van der Waals surface area contributed by atoms with Gasteiger partial charge in [-0.3, -0.25) is 9.10 Å². The molecule has 0 spiro atoms. The Balaban J connectivity index is 1.70. The minimum atomic E-state index is -3.29. The molecular weight excluding hydrogens is 380 g/mol. The fourth-order valence-corrected chi connectivity index (χ4v) is 4.06. The molecule has 1 aliphatic heterocycles. The van der Waals surface area contributed by atoms with Gasteiger partial charge in [0.05, 0.1) is 26.2 Å². The van der Waals surface area contributed by atoms with Gasteiger partial charge in [0.15, 0.2) is 11.5 Å². The number of amides is 1. The van der Waals surface area contributed by atoms with Crippen LogP contribution < -0.4 is 19.1 Å². The molecule has 0 saturated heterocycles. The van der Waals surface area contributed by atoms with Gasteiger partial charge >= 0.3 is 0 Å². The van der Waals surface area contributed by atoms with E-state index in [1.165, 1.54) is 16.6 Å². The van der Waals surface area contributed by atoms with Crippen molar-refractivity contribution >= 4 is 33.4 Å². The molecule has 2 aromatic carbocycles. The van der Waals surface area contributed by atoms with Crippen LogP contribution in [0.4, 0.5) is 11.4 Å². The number of ether oxygens (including phenoxy) is 2. The highest BCUT2D eigenvalue weighted by molar-refractivity contribution is 7.92. The van der Waals surface area contributed by atoms with Crippen LogP contribution in [0.2, 0.25) is 0 Å². The van der Waals surface area contributed by atoms with E-state index in [9.17, 15) is 13.2 Å². The Bertz CT molecular complexity index is 1030. The number of nitrogens with zero attached hydrogens (tertiary/aromatic N) is 1. The lowest BCUT2D eigenvalue weighted by Crippen LogP contribution is -2.27. The topological polar surface area (TPSA) is 84.9 Å². The summed E-state index contributed by atoms with van der Waals surface area (Å²) in [5.41, 5.74) is 2.98. The van der Waals surface area contributed by atoms with E-state index in [-0.39, 0.29) is 5.91 Å². The quantitative estimate of drug-likeness (QED) is 0.751. The van der Waals surface area contributed by atoms with Crippen molar-refractivity contribution in [1.82, 2.24) is 0 Å². The third-order valence-electron chi connectivity index (χ3n) is 4.44. The van der Waals surface area contributed by atoms with Crippen molar-refractivity contribution in [2.24, 2.45) is 0 Å². The summed E-state index contributed by atoms with van der Waals surface area (Å²) in [5.74, 6) is 0.914. The molecule has 0 bridgehead atoms. The third kappa shape index (κ3) is 4.28. The number of fused-ring (bicyclic) bond motifs is 1. The minimum absolute atomic E-state index is 0.285. The summed E-state index contributed by atoms with van der Waals surface area (Å²) in [4.78, 5) is 12.2. The lowest BCUT2D eigenvalue weighted by atomic mass is 10.1. The SMILES string of the molecule is COc1ccc(/C=C/C(=O)Nc2ccc3c(c2)CCN3S(C)(=O)=O)cc1OC. The second kappa shape index (κ2) is 7.93. The second-order valence-corrected chi connectivity index (χ2v) is 8.27. The van der Waals surface area contributed by atoms with Crippen molar-refractivity contribution in [3.8, 4) is 11.5 Å². The molecule has 0 fully saturated rings. The molecule has 1 aliphatic rings. The van der Waals surface area contributed by atoms with Gasteiger partial charge in [-0.05, 0) is 54.0 Å². The first kappa shape index (κ1) is 19.8. The second-order valence-electron chi connectivity index (χ2n) is 6.37. The average molecular weight is 402 g/mol. The molecule has 28 heavy (non-hydrogen) atoms. The zero-order valence-corrected chi connectivity index (χ0v) is 16.7. The molecule has 1 amide bonds. The number of rotatable bonds is 6. The van der Waals surface area contributed by atoms with Crippen LogP contribution in [0.25, 0.3) is 6.08 Å². The highest BCUT2D eigenvalue weighted by atomic mass is 32.2. The van der Waals surface area contributed by atoms with Crippen molar-refractivity contribution in [3.63, 3.8) is 0 Å². The van der Waals surface area contributed by atoms with E-state index in [4.69, 9.17) is 9.47 Å². The van der Waals surface area contributed by atoms with Crippen LogP contribution >= 0.6 is 0 Å². The van der Waals surface area contributed by atoms with Crippen molar-refractivity contribution in [3.05, 3.63) is 53.6 Å². The smallest absolute Gasteiger partial charge is 0.248 e. The Kier molecular flexibility index (Phi) is 5.60. The van der Waals surface area contributed by atoms with E-state index in [0.717, 1.165) is 11.1 Å². The van der Waals surface area contributed by atoms with Gasteiger partial charge < -0.3 is 14.8 Å². The van der Waals surface area contributed by atoms with Crippen LogP contribution in [-0.2, 0) is 21.2 Å². The zero-order chi connectivity index (χ0) is 20.3. The normalized spacial score (nSPS) is 13.5. The number of methoxy groups -OCH3 is 2. The molecule has 2 aromatic rings. The summed E-state index contributed by atoms with van der Waals surface area (Å²) in [6.07, 6.45) is 4.91. The number of benzene rings is 2. The molecule has 7 nitrogen and oxygen atoms in total. The van der Waals surface area contributed by atoms with E-state index in [0.29, 0.717) is 35.8 Å². The van der Waals surface area contributed by atoms with Crippen LogP contribution in [0.5, 0.6) is 11.5 Å². The average Bonchev–Trinajstić information content (AvgIpc) is 3.09. The van der Waals surface area contributed by atoms with Gasteiger partial charge in [0, 0.05) is 18.3 Å². The molecule has 1 heterocycles. The zero-order valence-electron chi connectivity index (χ0n) is 15.9. The van der Waals surface area contributed by atoms with E-state index in [1.807, 2.05) is 12.1 Å². The Hall–Kier alpha value is -3.00. The maximum Gasteiger partial charge on any atom is 0.248 e. The summed E-state index contributed by atoms with van der Waals surface area (Å²) in [6.45, 7) is 0.421. The fraction of sp³-hybridized carbons (Fsp3) is 0.250. The lowest BCUT2D eigenvalue weighted by molar-refractivity contribution is -0.111. The highest BCUT2D eigenvalue weighted by Crippen LogP contribution is 2.32. The predicted octanol–water partition coefficient (Wildman–Crippen LogP) is 2.68. The highest BCUT2D eigenvalue weighted by Gasteiger charge is 2.26. The number of carbonyl (C=O) groups is 1. The standard InChI is InChI=1S/C20H22N2O5S/c1-26-18-8-4-14(12-19(18)27-2)5-9-20(23)21-16-6-7-17-15(13-16)10-11-22(17)28(3,24)25/h4-9,12-13H,10-11H2,1-3H3,(H,21,23)/b9-5+. The van der Waals surface area contributed by atoms with Gasteiger partial charge in [0.25, 0.3) is 0 Å². The molecule has 3 rings (SSSR count). The van der Waals surface area contributed by atoms with Gasteiger partial charge in [-0.2, -0.15) is 0 Å². The summed E-state index contributed by atoms with van der Waals surface area (Å²) >= 11 is 0. The van der Waals surface area contributed by atoms with Gasteiger partial charge in [0.2, 0.25) is 15.9 Å². The fourth-order valence-electron chi connectivity index (χ4n) is 3.11. The summed E-state index contributed by atoms with van der Waals surface area (Å²) in [7, 11) is -0.172. The Morgan fingerprint density at radius 1 is 1.11 bits per heavy atom. The summed E-state index contributed by atoms with van der Waals surface area (Å²) in [5, 5.41) is 2.80. The molecule has 1 N–H and O–H groups in total. The van der Waals surface area contributed by atoms with Crippen LogP contribution in [0, 0.1) is 0 Å². The lowest BCUT2D eigenvalue weighted by Gasteiger charge is -2.16. The van der Waals surface area contributed by atoms with E-state index in [2.05, 4.69) is 5.32 Å². The number of hydrogen-bond donors (Lipinski definition) is 1. The van der Waals surface area contributed by atoms with Crippen molar-refractivity contribution in [2.45, 2.75) is 6.42 Å². The molecule has 0 atom stereocenters. The monoisotopic (exact) mass is 402 g/mol. The minimum Gasteiger partial charge on any atom is -0.493 e. The molecule has 0 saturated carbocycles. The molecular formula is C20H22N2O5S. The Morgan fingerprint density at radius 3 is 2.54 bits per heavy atom. The summed E-state index contributed by atoms with van der Waals surface area (Å²) < 4.78 is 35.4. The maximum absolute atomic E-state index is 12.2. The van der Waals surface area contributed by atoms with E-state index < -0.39 is 10.0 Å². The van der Waals surface area contributed by atoms with Gasteiger partial charge in [-0.15, -0.1) is 0 Å². The van der Waals surface area contributed by atoms with E-state index >= 15 is 0 Å². The first-order valence-electron chi connectivity index (χ1n) is 8.63. The molecule has 148 valence electrons. The summed E-state index contributed by atoms with van der Waals surface area (Å²) in [6, 6.07) is 10.6.